The smallest absolute Gasteiger partial charge is 0.243 e. The van der Waals surface area contributed by atoms with Gasteiger partial charge in [0.25, 0.3) is 0 Å². The summed E-state index contributed by atoms with van der Waals surface area (Å²) in [6, 6.07) is 8.27. The number of aryl methyl sites for hydroxylation is 1. The van der Waals surface area contributed by atoms with E-state index in [2.05, 4.69) is 0 Å². The molecule has 0 aliphatic carbocycles. The highest BCUT2D eigenvalue weighted by Crippen LogP contribution is 2.21. The van der Waals surface area contributed by atoms with E-state index in [1.807, 2.05) is 6.92 Å². The molecule has 114 valence electrons. The number of hydrogen-bond donors (Lipinski definition) is 1. The summed E-state index contributed by atoms with van der Waals surface area (Å²) in [6.07, 6.45) is 1.52. The Balaban J connectivity index is 2.35. The predicted molar refractivity (Wildman–Crippen MR) is 79.1 cm³/mol. The molecule has 2 aromatic rings. The fourth-order valence-electron chi connectivity index (χ4n) is 2.07. The van der Waals surface area contributed by atoms with Crippen molar-refractivity contribution >= 4 is 10.0 Å². The predicted octanol–water partition coefficient (Wildman–Crippen LogP) is 2.29. The van der Waals surface area contributed by atoms with Gasteiger partial charge in [0, 0.05) is 6.54 Å². The lowest BCUT2D eigenvalue weighted by Gasteiger charge is -2.20. The first-order valence-electron chi connectivity index (χ1n) is 6.72. The van der Waals surface area contributed by atoms with Gasteiger partial charge in [-0.15, -0.1) is 0 Å². The molecule has 0 atom stereocenters. The van der Waals surface area contributed by atoms with Crippen molar-refractivity contribution < 1.29 is 17.9 Å². The maximum Gasteiger partial charge on any atom is 0.243 e. The van der Waals surface area contributed by atoms with Crippen LogP contribution in [-0.4, -0.2) is 24.4 Å². The Kier molecular flexibility index (Phi) is 4.82. The van der Waals surface area contributed by atoms with Gasteiger partial charge in [-0.25, -0.2) is 8.42 Å². The molecule has 6 heteroatoms. The highest BCUT2D eigenvalue weighted by molar-refractivity contribution is 7.89. The molecule has 0 amide bonds. The zero-order valence-corrected chi connectivity index (χ0v) is 12.9. The Bertz CT molecular complexity index is 692. The molecule has 0 saturated heterocycles. The Morgan fingerprint density at radius 1 is 1.29 bits per heavy atom. The Morgan fingerprint density at radius 2 is 2.05 bits per heavy atom. The second-order valence-electron chi connectivity index (χ2n) is 4.76. The van der Waals surface area contributed by atoms with Crippen molar-refractivity contribution in [3.8, 4) is 0 Å². The molecule has 1 aromatic carbocycles. The zero-order chi connectivity index (χ0) is 15.5. The van der Waals surface area contributed by atoms with E-state index >= 15 is 0 Å². The van der Waals surface area contributed by atoms with E-state index in [4.69, 9.17) is 4.42 Å². The minimum absolute atomic E-state index is 0.181. The topological polar surface area (TPSA) is 70.8 Å². The average Bonchev–Trinajstić information content (AvgIpc) is 2.97. The van der Waals surface area contributed by atoms with Crippen LogP contribution in [-0.2, 0) is 23.2 Å². The molecule has 0 fully saturated rings. The fraction of sp³-hybridized carbons (Fsp3) is 0.333. The Hall–Kier alpha value is -1.63. The van der Waals surface area contributed by atoms with Crippen molar-refractivity contribution in [1.82, 2.24) is 4.31 Å². The molecule has 0 spiro atoms. The number of aliphatic hydroxyl groups excluding tert-OH is 1. The first kappa shape index (κ1) is 15.8. The monoisotopic (exact) mass is 309 g/mol. The Labute approximate surface area is 124 Å². The summed E-state index contributed by atoms with van der Waals surface area (Å²) in [4.78, 5) is 0.186. The van der Waals surface area contributed by atoms with Crippen LogP contribution >= 0.6 is 0 Å². The molecular weight excluding hydrogens is 290 g/mol. The van der Waals surface area contributed by atoms with Crippen molar-refractivity contribution in [3.63, 3.8) is 0 Å². The molecule has 2 rings (SSSR count). The SMILES string of the molecule is CCN(Cc1ccco1)S(=O)(=O)c1ccc(C)c(CO)c1. The van der Waals surface area contributed by atoms with Crippen LogP contribution < -0.4 is 0 Å². The molecule has 1 aromatic heterocycles. The fourth-order valence-corrected chi connectivity index (χ4v) is 3.54. The van der Waals surface area contributed by atoms with Crippen LogP contribution in [0.4, 0.5) is 0 Å². The molecule has 0 radical (unpaired) electrons. The lowest BCUT2D eigenvalue weighted by Crippen LogP contribution is -2.30. The first-order chi connectivity index (χ1) is 9.98. The van der Waals surface area contributed by atoms with E-state index in [0.29, 0.717) is 17.9 Å². The number of rotatable bonds is 6. The highest BCUT2D eigenvalue weighted by atomic mass is 32.2. The van der Waals surface area contributed by atoms with Crippen molar-refractivity contribution in [2.24, 2.45) is 0 Å². The van der Waals surface area contributed by atoms with Crippen molar-refractivity contribution in [3.05, 3.63) is 53.5 Å². The summed E-state index contributed by atoms with van der Waals surface area (Å²) in [5.41, 5.74) is 1.48. The summed E-state index contributed by atoms with van der Waals surface area (Å²) >= 11 is 0. The molecule has 0 aliphatic heterocycles. The van der Waals surface area contributed by atoms with Crippen molar-refractivity contribution in [1.29, 1.82) is 0 Å². The van der Waals surface area contributed by atoms with E-state index in [1.54, 1.807) is 31.2 Å². The zero-order valence-electron chi connectivity index (χ0n) is 12.1. The molecule has 0 bridgehead atoms. The highest BCUT2D eigenvalue weighted by Gasteiger charge is 2.24. The van der Waals surface area contributed by atoms with E-state index in [9.17, 15) is 13.5 Å². The maximum absolute atomic E-state index is 12.7. The van der Waals surface area contributed by atoms with E-state index in [0.717, 1.165) is 5.56 Å². The maximum atomic E-state index is 12.7. The van der Waals surface area contributed by atoms with Gasteiger partial charge >= 0.3 is 0 Å². The molecule has 0 aliphatic rings. The van der Waals surface area contributed by atoms with Gasteiger partial charge in [-0.05, 0) is 42.3 Å². The normalized spacial score (nSPS) is 12.0. The molecule has 0 unspecified atom stereocenters. The van der Waals surface area contributed by atoms with Gasteiger partial charge in [0.1, 0.15) is 5.76 Å². The van der Waals surface area contributed by atoms with Gasteiger partial charge in [0.2, 0.25) is 10.0 Å². The number of aliphatic hydroxyl groups is 1. The number of benzene rings is 1. The summed E-state index contributed by atoms with van der Waals surface area (Å²) in [7, 11) is -3.61. The summed E-state index contributed by atoms with van der Waals surface area (Å²) in [6.45, 7) is 3.96. The molecule has 1 N–H and O–H groups in total. The van der Waals surface area contributed by atoms with Gasteiger partial charge in [-0.2, -0.15) is 4.31 Å². The van der Waals surface area contributed by atoms with Crippen molar-refractivity contribution in [2.45, 2.75) is 31.9 Å². The summed E-state index contributed by atoms with van der Waals surface area (Å²) in [5.74, 6) is 0.593. The summed E-state index contributed by atoms with van der Waals surface area (Å²) in [5, 5.41) is 9.29. The minimum Gasteiger partial charge on any atom is -0.468 e. The van der Waals surface area contributed by atoms with Gasteiger partial charge in [-0.3, -0.25) is 0 Å². The molecule has 1 heterocycles. The molecule has 5 nitrogen and oxygen atoms in total. The van der Waals surface area contributed by atoms with Crippen LogP contribution in [0.3, 0.4) is 0 Å². The molecular formula is C15H19NO4S. The quantitative estimate of drug-likeness (QED) is 0.889. The van der Waals surface area contributed by atoms with Crippen LogP contribution in [0.2, 0.25) is 0 Å². The van der Waals surface area contributed by atoms with Crippen LogP contribution in [0, 0.1) is 6.92 Å². The van der Waals surface area contributed by atoms with Crippen LogP contribution in [0.15, 0.2) is 45.9 Å². The Morgan fingerprint density at radius 3 is 2.62 bits per heavy atom. The molecule has 0 saturated carbocycles. The standard InChI is InChI=1S/C15H19NO4S/c1-3-16(10-14-5-4-8-20-14)21(18,19)15-7-6-12(2)13(9-15)11-17/h4-9,17H,3,10-11H2,1-2H3. The largest absolute Gasteiger partial charge is 0.468 e. The third-order valence-corrected chi connectivity index (χ3v) is 5.31. The molecule has 21 heavy (non-hydrogen) atoms. The van der Waals surface area contributed by atoms with E-state index in [1.165, 1.54) is 16.6 Å². The van der Waals surface area contributed by atoms with Crippen LogP contribution in [0.1, 0.15) is 23.8 Å². The second kappa shape index (κ2) is 6.43. The second-order valence-corrected chi connectivity index (χ2v) is 6.69. The average molecular weight is 309 g/mol. The lowest BCUT2D eigenvalue weighted by atomic mass is 10.1. The van der Waals surface area contributed by atoms with Gasteiger partial charge in [-0.1, -0.05) is 13.0 Å². The third kappa shape index (κ3) is 3.34. The van der Waals surface area contributed by atoms with E-state index < -0.39 is 10.0 Å². The van der Waals surface area contributed by atoms with Gasteiger partial charge in [0.05, 0.1) is 24.3 Å². The van der Waals surface area contributed by atoms with Gasteiger partial charge in [0.15, 0.2) is 0 Å². The van der Waals surface area contributed by atoms with Crippen LogP contribution in [0.5, 0.6) is 0 Å². The number of nitrogens with zero attached hydrogens (tertiary/aromatic N) is 1. The number of furan rings is 1. The minimum atomic E-state index is -3.61. The van der Waals surface area contributed by atoms with Gasteiger partial charge < -0.3 is 9.52 Å². The first-order valence-corrected chi connectivity index (χ1v) is 8.16. The van der Waals surface area contributed by atoms with E-state index in [-0.39, 0.29) is 18.0 Å². The summed E-state index contributed by atoms with van der Waals surface area (Å²) < 4.78 is 31.9. The third-order valence-electron chi connectivity index (χ3n) is 3.39. The number of sulfonamides is 1. The van der Waals surface area contributed by atoms with Crippen LogP contribution in [0.25, 0.3) is 0 Å². The van der Waals surface area contributed by atoms with Crippen molar-refractivity contribution in [2.75, 3.05) is 6.54 Å². The lowest BCUT2D eigenvalue weighted by molar-refractivity contribution is 0.280. The number of hydrogen-bond acceptors (Lipinski definition) is 4.